The van der Waals surface area contributed by atoms with E-state index in [0.717, 1.165) is 17.3 Å². The summed E-state index contributed by atoms with van der Waals surface area (Å²) in [6, 6.07) is 7.41. The Morgan fingerprint density at radius 1 is 1.17 bits per heavy atom. The highest BCUT2D eigenvalue weighted by Crippen LogP contribution is 2.27. The minimum absolute atomic E-state index is 0.155. The minimum Gasteiger partial charge on any atom is -0.261 e. The standard InChI is InChI=1S/C14H12BrF2N/c1-9-2-3-13(18-8-9)7-14(15)10-4-11(16)6-12(17)5-10/h2-6,8,14H,7H2,1H3. The van der Waals surface area contributed by atoms with Gasteiger partial charge in [-0.25, -0.2) is 8.78 Å². The third kappa shape index (κ3) is 3.35. The molecule has 18 heavy (non-hydrogen) atoms. The summed E-state index contributed by atoms with van der Waals surface area (Å²) in [6.07, 6.45) is 2.37. The Morgan fingerprint density at radius 2 is 1.83 bits per heavy atom. The first-order valence-electron chi connectivity index (χ1n) is 5.56. The summed E-state index contributed by atoms with van der Waals surface area (Å²) in [5.41, 5.74) is 2.55. The van der Waals surface area contributed by atoms with Gasteiger partial charge in [-0.1, -0.05) is 22.0 Å². The van der Waals surface area contributed by atoms with Crippen LogP contribution in [0.3, 0.4) is 0 Å². The molecule has 1 aromatic heterocycles. The van der Waals surface area contributed by atoms with Gasteiger partial charge in [-0.05, 0) is 36.2 Å². The Bertz CT molecular complexity index is 520. The molecule has 0 spiro atoms. The van der Waals surface area contributed by atoms with Gasteiger partial charge < -0.3 is 0 Å². The van der Waals surface area contributed by atoms with Gasteiger partial charge >= 0.3 is 0 Å². The van der Waals surface area contributed by atoms with E-state index in [2.05, 4.69) is 20.9 Å². The van der Waals surface area contributed by atoms with E-state index in [0.29, 0.717) is 12.0 Å². The molecule has 1 atom stereocenters. The second-order valence-electron chi connectivity index (χ2n) is 4.20. The van der Waals surface area contributed by atoms with Crippen molar-refractivity contribution in [1.82, 2.24) is 4.98 Å². The Morgan fingerprint density at radius 3 is 2.39 bits per heavy atom. The number of aromatic nitrogens is 1. The third-order valence-electron chi connectivity index (χ3n) is 2.61. The molecule has 0 aliphatic carbocycles. The number of alkyl halides is 1. The van der Waals surface area contributed by atoms with Gasteiger partial charge in [0.15, 0.2) is 0 Å². The van der Waals surface area contributed by atoms with Gasteiger partial charge in [-0.3, -0.25) is 4.98 Å². The van der Waals surface area contributed by atoms with Crippen molar-refractivity contribution in [1.29, 1.82) is 0 Å². The fourth-order valence-corrected chi connectivity index (χ4v) is 2.27. The SMILES string of the molecule is Cc1ccc(CC(Br)c2cc(F)cc(F)c2)nc1. The van der Waals surface area contributed by atoms with E-state index in [1.807, 2.05) is 19.1 Å². The van der Waals surface area contributed by atoms with Crippen molar-refractivity contribution in [3.63, 3.8) is 0 Å². The van der Waals surface area contributed by atoms with Crippen LogP contribution < -0.4 is 0 Å². The average molecular weight is 312 g/mol. The van der Waals surface area contributed by atoms with E-state index in [1.54, 1.807) is 6.20 Å². The second kappa shape index (κ2) is 5.57. The zero-order valence-electron chi connectivity index (χ0n) is 9.83. The van der Waals surface area contributed by atoms with Crippen LogP contribution in [0.25, 0.3) is 0 Å². The zero-order valence-corrected chi connectivity index (χ0v) is 11.4. The Labute approximate surface area is 113 Å². The van der Waals surface area contributed by atoms with Crippen molar-refractivity contribution in [2.45, 2.75) is 18.2 Å². The number of rotatable bonds is 3. The highest BCUT2D eigenvalue weighted by Gasteiger charge is 2.11. The van der Waals surface area contributed by atoms with Crippen molar-refractivity contribution >= 4 is 15.9 Å². The molecule has 1 unspecified atom stereocenters. The molecule has 1 aromatic carbocycles. The Kier molecular flexibility index (Phi) is 4.07. The number of nitrogens with zero attached hydrogens (tertiary/aromatic N) is 1. The molecule has 4 heteroatoms. The first kappa shape index (κ1) is 13.1. The highest BCUT2D eigenvalue weighted by atomic mass is 79.9. The van der Waals surface area contributed by atoms with E-state index < -0.39 is 11.6 Å². The van der Waals surface area contributed by atoms with Crippen LogP contribution in [0.1, 0.15) is 21.6 Å². The Hall–Kier alpha value is -1.29. The van der Waals surface area contributed by atoms with Crippen molar-refractivity contribution in [3.05, 3.63) is 65.0 Å². The highest BCUT2D eigenvalue weighted by molar-refractivity contribution is 9.09. The lowest BCUT2D eigenvalue weighted by Gasteiger charge is -2.10. The number of benzene rings is 1. The molecule has 0 bridgehead atoms. The summed E-state index contributed by atoms with van der Waals surface area (Å²) in [5, 5.41) is 0. The molecule has 0 saturated carbocycles. The van der Waals surface area contributed by atoms with Crippen LogP contribution in [0.4, 0.5) is 8.78 Å². The predicted molar refractivity (Wildman–Crippen MR) is 70.7 cm³/mol. The maximum Gasteiger partial charge on any atom is 0.126 e. The second-order valence-corrected chi connectivity index (χ2v) is 5.31. The Balaban J connectivity index is 2.16. The van der Waals surface area contributed by atoms with Crippen molar-refractivity contribution in [3.8, 4) is 0 Å². The summed E-state index contributed by atoms with van der Waals surface area (Å²) >= 11 is 3.44. The molecule has 0 aliphatic rings. The molecule has 94 valence electrons. The van der Waals surface area contributed by atoms with E-state index in [9.17, 15) is 8.78 Å². The number of hydrogen-bond acceptors (Lipinski definition) is 1. The van der Waals surface area contributed by atoms with Crippen LogP contribution in [-0.4, -0.2) is 4.98 Å². The maximum atomic E-state index is 13.1. The van der Waals surface area contributed by atoms with Crippen molar-refractivity contribution in [2.24, 2.45) is 0 Å². The summed E-state index contributed by atoms with van der Waals surface area (Å²) in [5.74, 6) is -1.13. The van der Waals surface area contributed by atoms with Gasteiger partial charge in [0.05, 0.1) is 0 Å². The van der Waals surface area contributed by atoms with Gasteiger partial charge in [-0.15, -0.1) is 0 Å². The number of halogens is 3. The average Bonchev–Trinajstić information content (AvgIpc) is 2.31. The topological polar surface area (TPSA) is 12.9 Å². The molecule has 0 N–H and O–H groups in total. The lowest BCUT2D eigenvalue weighted by atomic mass is 10.1. The summed E-state index contributed by atoms with van der Waals surface area (Å²) < 4.78 is 26.2. The molecule has 0 aliphatic heterocycles. The van der Waals surface area contributed by atoms with Crippen LogP contribution in [-0.2, 0) is 6.42 Å². The summed E-state index contributed by atoms with van der Waals surface area (Å²) in [7, 11) is 0. The van der Waals surface area contributed by atoms with Crippen LogP contribution in [0.15, 0.2) is 36.5 Å². The third-order valence-corrected chi connectivity index (χ3v) is 3.46. The van der Waals surface area contributed by atoms with E-state index in [1.165, 1.54) is 12.1 Å². The molecule has 0 saturated heterocycles. The van der Waals surface area contributed by atoms with Crippen molar-refractivity contribution < 1.29 is 8.78 Å². The maximum absolute atomic E-state index is 13.1. The monoisotopic (exact) mass is 311 g/mol. The molecule has 1 heterocycles. The van der Waals surface area contributed by atoms with E-state index in [-0.39, 0.29) is 4.83 Å². The fraction of sp³-hybridized carbons (Fsp3) is 0.214. The molecule has 0 radical (unpaired) electrons. The molecule has 0 fully saturated rings. The first-order chi connectivity index (χ1) is 8.54. The van der Waals surface area contributed by atoms with E-state index >= 15 is 0 Å². The van der Waals surface area contributed by atoms with Gasteiger partial charge in [0.25, 0.3) is 0 Å². The van der Waals surface area contributed by atoms with Gasteiger partial charge in [0.2, 0.25) is 0 Å². The van der Waals surface area contributed by atoms with Crippen LogP contribution in [0.2, 0.25) is 0 Å². The van der Waals surface area contributed by atoms with Gasteiger partial charge in [0.1, 0.15) is 11.6 Å². The zero-order chi connectivity index (χ0) is 13.1. The molecular weight excluding hydrogens is 300 g/mol. The minimum atomic E-state index is -0.564. The van der Waals surface area contributed by atoms with Crippen molar-refractivity contribution in [2.75, 3.05) is 0 Å². The van der Waals surface area contributed by atoms with Gasteiger partial charge in [0, 0.05) is 29.2 Å². The largest absolute Gasteiger partial charge is 0.261 e. The number of pyridine rings is 1. The van der Waals surface area contributed by atoms with E-state index in [4.69, 9.17) is 0 Å². The van der Waals surface area contributed by atoms with Crippen LogP contribution in [0, 0.1) is 18.6 Å². The smallest absolute Gasteiger partial charge is 0.126 e. The molecule has 2 rings (SSSR count). The lowest BCUT2D eigenvalue weighted by Crippen LogP contribution is -1.99. The fourth-order valence-electron chi connectivity index (χ4n) is 1.68. The first-order valence-corrected chi connectivity index (χ1v) is 6.48. The normalized spacial score (nSPS) is 12.4. The predicted octanol–water partition coefficient (Wildman–Crippen LogP) is 4.35. The quantitative estimate of drug-likeness (QED) is 0.768. The molecular formula is C14H12BrF2N. The summed E-state index contributed by atoms with van der Waals surface area (Å²) in [4.78, 5) is 4.12. The lowest BCUT2D eigenvalue weighted by molar-refractivity contribution is 0.579. The number of hydrogen-bond donors (Lipinski definition) is 0. The van der Waals surface area contributed by atoms with Crippen LogP contribution in [0.5, 0.6) is 0 Å². The molecule has 0 amide bonds. The molecule has 2 aromatic rings. The van der Waals surface area contributed by atoms with Gasteiger partial charge in [-0.2, -0.15) is 0 Å². The molecule has 1 nitrogen and oxygen atoms in total. The van der Waals surface area contributed by atoms with Crippen LogP contribution >= 0.6 is 15.9 Å². The summed E-state index contributed by atoms with van der Waals surface area (Å²) in [6.45, 7) is 1.96. The number of aryl methyl sites for hydroxylation is 1.